The van der Waals surface area contributed by atoms with Crippen LogP contribution in [0, 0.1) is 0 Å². The lowest BCUT2D eigenvalue weighted by molar-refractivity contribution is -0.141. The number of carbonyl (C=O) groups excluding carboxylic acids is 2. The first kappa shape index (κ1) is 17.5. The highest BCUT2D eigenvalue weighted by Gasteiger charge is 2.36. The van der Waals surface area contributed by atoms with Gasteiger partial charge >= 0.3 is 5.97 Å². The van der Waals surface area contributed by atoms with E-state index in [1.165, 1.54) is 11.8 Å². The predicted molar refractivity (Wildman–Crippen MR) is 84.7 cm³/mol. The van der Waals surface area contributed by atoms with Crippen LogP contribution >= 0.6 is 0 Å². The molecule has 1 saturated heterocycles. The third-order valence-electron chi connectivity index (χ3n) is 4.06. The molecular formula is C15H22N2O5S. The molecule has 1 fully saturated rings. The topological polar surface area (TPSA) is 85.7 Å². The Kier molecular flexibility index (Phi) is 5.13. The maximum absolute atomic E-state index is 12.5. The maximum Gasteiger partial charge on any atom is 0.355 e. The van der Waals surface area contributed by atoms with Gasteiger partial charge in [-0.05, 0) is 32.4 Å². The van der Waals surface area contributed by atoms with Gasteiger partial charge in [-0.1, -0.05) is 0 Å². The number of rotatable bonds is 5. The van der Waals surface area contributed by atoms with Crippen LogP contribution in [-0.2, 0) is 26.4 Å². The molecule has 1 amide bonds. The van der Waals surface area contributed by atoms with Crippen LogP contribution in [0.5, 0.6) is 0 Å². The summed E-state index contributed by atoms with van der Waals surface area (Å²) in [7, 11) is -1.37. The van der Waals surface area contributed by atoms with Crippen LogP contribution in [0.25, 0.3) is 0 Å². The third-order valence-corrected chi connectivity index (χ3v) is 5.81. The minimum Gasteiger partial charge on any atom is -0.448 e. The lowest BCUT2D eigenvalue weighted by atomic mass is 10.2. The lowest BCUT2D eigenvalue weighted by Crippen LogP contribution is -2.46. The highest BCUT2D eigenvalue weighted by molar-refractivity contribution is 7.91. The Hall–Kier alpha value is -1.83. The van der Waals surface area contributed by atoms with Crippen molar-refractivity contribution in [3.8, 4) is 0 Å². The number of aryl methyl sites for hydroxylation is 1. The number of carbonyl (C=O) groups is 2. The van der Waals surface area contributed by atoms with Crippen LogP contribution in [0.4, 0.5) is 0 Å². The Morgan fingerprint density at radius 1 is 1.48 bits per heavy atom. The van der Waals surface area contributed by atoms with Gasteiger partial charge in [0.15, 0.2) is 15.9 Å². The Balaban J connectivity index is 2.03. The zero-order chi connectivity index (χ0) is 17.2. The van der Waals surface area contributed by atoms with Gasteiger partial charge in [0.2, 0.25) is 0 Å². The molecule has 8 heteroatoms. The number of hydrogen-bond donors (Lipinski definition) is 0. The van der Waals surface area contributed by atoms with E-state index in [9.17, 15) is 18.0 Å². The summed E-state index contributed by atoms with van der Waals surface area (Å²) in [6.45, 7) is 3.68. The van der Waals surface area contributed by atoms with E-state index in [1.54, 1.807) is 36.9 Å². The average Bonchev–Trinajstić information content (AvgIpc) is 3.05. The van der Waals surface area contributed by atoms with Gasteiger partial charge in [0.05, 0.1) is 11.5 Å². The smallest absolute Gasteiger partial charge is 0.355 e. The van der Waals surface area contributed by atoms with Crippen LogP contribution in [0.2, 0.25) is 0 Å². The Morgan fingerprint density at radius 3 is 2.65 bits per heavy atom. The molecule has 2 heterocycles. The van der Waals surface area contributed by atoms with Gasteiger partial charge in [-0.15, -0.1) is 0 Å². The second kappa shape index (κ2) is 6.74. The fourth-order valence-corrected chi connectivity index (χ4v) is 4.52. The quantitative estimate of drug-likeness (QED) is 0.732. The summed E-state index contributed by atoms with van der Waals surface area (Å²) in [5, 5.41) is 0. The summed E-state index contributed by atoms with van der Waals surface area (Å²) in [6, 6.07) is 2.99. The molecule has 0 saturated carbocycles. The monoisotopic (exact) mass is 342 g/mol. The van der Waals surface area contributed by atoms with E-state index in [4.69, 9.17) is 4.74 Å². The molecule has 0 N–H and O–H groups in total. The van der Waals surface area contributed by atoms with Crippen molar-refractivity contribution in [1.82, 2.24) is 9.47 Å². The van der Waals surface area contributed by atoms with Crippen molar-refractivity contribution in [2.24, 2.45) is 7.05 Å². The van der Waals surface area contributed by atoms with Crippen molar-refractivity contribution in [2.45, 2.75) is 32.4 Å². The van der Waals surface area contributed by atoms with Crippen LogP contribution in [0.3, 0.4) is 0 Å². The fraction of sp³-hybridized carbons (Fsp3) is 0.600. The molecule has 1 aromatic rings. The van der Waals surface area contributed by atoms with Crippen LogP contribution in [0.1, 0.15) is 30.8 Å². The molecular weight excluding hydrogens is 320 g/mol. The fourth-order valence-electron chi connectivity index (χ4n) is 2.79. The summed E-state index contributed by atoms with van der Waals surface area (Å²) in [5.74, 6) is -0.866. The standard InChI is InChI=1S/C15H22N2O5S/c1-4-17(12-7-9-23(20,21)10-12)14(18)11(2)22-15(19)13-6-5-8-16(13)3/h5-6,8,11-12H,4,7,9-10H2,1-3H3/t11-,12+/m0/s1. The molecule has 0 bridgehead atoms. The summed E-state index contributed by atoms with van der Waals surface area (Å²) < 4.78 is 30.0. The number of aromatic nitrogens is 1. The molecule has 0 radical (unpaired) electrons. The minimum absolute atomic E-state index is 0.0228. The number of likely N-dealkylation sites (N-methyl/N-ethyl adjacent to an activating group) is 1. The molecule has 128 valence electrons. The largest absolute Gasteiger partial charge is 0.448 e. The van der Waals surface area contributed by atoms with E-state index < -0.39 is 21.9 Å². The van der Waals surface area contributed by atoms with Gasteiger partial charge < -0.3 is 14.2 Å². The Labute approximate surface area is 136 Å². The third kappa shape index (κ3) is 3.93. The second-order valence-electron chi connectivity index (χ2n) is 5.73. The first-order chi connectivity index (χ1) is 10.7. The van der Waals surface area contributed by atoms with Crippen molar-refractivity contribution < 1.29 is 22.7 Å². The van der Waals surface area contributed by atoms with Crippen molar-refractivity contribution in [3.05, 3.63) is 24.0 Å². The number of amides is 1. The lowest BCUT2D eigenvalue weighted by Gasteiger charge is -2.29. The van der Waals surface area contributed by atoms with E-state index in [0.29, 0.717) is 18.7 Å². The SMILES string of the molecule is CCN(C(=O)[C@H](C)OC(=O)c1cccn1C)[C@@H]1CCS(=O)(=O)C1. The second-order valence-corrected chi connectivity index (χ2v) is 7.96. The highest BCUT2D eigenvalue weighted by Crippen LogP contribution is 2.19. The van der Waals surface area contributed by atoms with Crippen LogP contribution in [0.15, 0.2) is 18.3 Å². The molecule has 2 atom stereocenters. The molecule has 0 unspecified atom stereocenters. The highest BCUT2D eigenvalue weighted by atomic mass is 32.2. The zero-order valence-corrected chi connectivity index (χ0v) is 14.4. The molecule has 0 aromatic carbocycles. The van der Waals surface area contributed by atoms with Gasteiger partial charge in [-0.2, -0.15) is 0 Å². The van der Waals surface area contributed by atoms with Gasteiger partial charge in [0, 0.05) is 25.8 Å². The number of nitrogens with zero attached hydrogens (tertiary/aromatic N) is 2. The predicted octanol–water partition coefficient (Wildman–Crippen LogP) is 0.606. The molecule has 1 aliphatic heterocycles. The molecule has 7 nitrogen and oxygen atoms in total. The molecule has 2 rings (SSSR count). The van der Waals surface area contributed by atoms with Crippen molar-refractivity contribution >= 4 is 21.7 Å². The molecule has 23 heavy (non-hydrogen) atoms. The minimum atomic E-state index is -3.08. The average molecular weight is 342 g/mol. The van der Waals surface area contributed by atoms with Crippen molar-refractivity contribution in [2.75, 3.05) is 18.1 Å². The summed E-state index contributed by atoms with van der Waals surface area (Å²) >= 11 is 0. The van der Waals surface area contributed by atoms with Gasteiger partial charge in [-0.25, -0.2) is 13.2 Å². The van der Waals surface area contributed by atoms with Crippen LogP contribution < -0.4 is 0 Å². The number of hydrogen-bond acceptors (Lipinski definition) is 5. The van der Waals surface area contributed by atoms with Crippen molar-refractivity contribution in [1.29, 1.82) is 0 Å². The first-order valence-corrected chi connectivity index (χ1v) is 9.40. The summed E-state index contributed by atoms with van der Waals surface area (Å²) in [4.78, 5) is 26.1. The van der Waals surface area contributed by atoms with E-state index >= 15 is 0 Å². The Morgan fingerprint density at radius 2 is 2.17 bits per heavy atom. The Bertz CT molecular complexity index is 694. The van der Waals surface area contributed by atoms with E-state index in [1.807, 2.05) is 0 Å². The van der Waals surface area contributed by atoms with Gasteiger partial charge in [0.25, 0.3) is 5.91 Å². The summed E-state index contributed by atoms with van der Waals surface area (Å²) in [5.41, 5.74) is 0.358. The van der Waals surface area contributed by atoms with E-state index in [0.717, 1.165) is 0 Å². The summed E-state index contributed by atoms with van der Waals surface area (Å²) in [6.07, 6.45) is 1.19. The van der Waals surface area contributed by atoms with E-state index in [-0.39, 0.29) is 23.5 Å². The zero-order valence-electron chi connectivity index (χ0n) is 13.6. The molecule has 1 aliphatic rings. The maximum atomic E-state index is 12.5. The normalized spacial score (nSPS) is 20.9. The molecule has 0 aliphatic carbocycles. The molecule has 0 spiro atoms. The van der Waals surface area contributed by atoms with E-state index in [2.05, 4.69) is 0 Å². The van der Waals surface area contributed by atoms with Gasteiger partial charge in [-0.3, -0.25) is 4.79 Å². The number of sulfone groups is 1. The number of esters is 1. The van der Waals surface area contributed by atoms with Crippen LogP contribution in [-0.4, -0.2) is 60.0 Å². The molecule has 1 aromatic heterocycles. The van der Waals surface area contributed by atoms with Gasteiger partial charge in [0.1, 0.15) is 5.69 Å². The number of ether oxygens (including phenoxy) is 1. The van der Waals surface area contributed by atoms with Crippen molar-refractivity contribution in [3.63, 3.8) is 0 Å². The first-order valence-electron chi connectivity index (χ1n) is 7.58.